The van der Waals surface area contributed by atoms with E-state index in [0.717, 1.165) is 19.6 Å². The van der Waals surface area contributed by atoms with Crippen LogP contribution in [0.15, 0.2) is 6.33 Å². The van der Waals surface area contributed by atoms with Crippen molar-refractivity contribution < 1.29 is 0 Å². The van der Waals surface area contributed by atoms with Crippen LogP contribution in [0.3, 0.4) is 0 Å². The van der Waals surface area contributed by atoms with Gasteiger partial charge in [-0.1, -0.05) is 6.92 Å². The first kappa shape index (κ1) is 14.4. The number of thiophene rings is 1. The van der Waals surface area contributed by atoms with E-state index in [2.05, 4.69) is 21.7 Å². The second kappa shape index (κ2) is 6.13. The number of anilines is 1. The first-order valence-electron chi connectivity index (χ1n) is 8.59. The average Bonchev–Trinajstić information content (AvgIpc) is 3.02. The van der Waals surface area contributed by atoms with Gasteiger partial charge in [0, 0.05) is 24.5 Å². The van der Waals surface area contributed by atoms with Crippen molar-refractivity contribution >= 4 is 27.4 Å². The number of hydrogen-bond acceptors (Lipinski definition) is 5. The van der Waals surface area contributed by atoms with Gasteiger partial charge < -0.3 is 9.80 Å². The summed E-state index contributed by atoms with van der Waals surface area (Å²) < 4.78 is 0. The lowest BCUT2D eigenvalue weighted by molar-refractivity contribution is 0.294. The van der Waals surface area contributed by atoms with Gasteiger partial charge in [0.1, 0.15) is 17.0 Å². The van der Waals surface area contributed by atoms with E-state index in [-0.39, 0.29) is 0 Å². The molecule has 0 aromatic carbocycles. The van der Waals surface area contributed by atoms with Gasteiger partial charge in [0.05, 0.1) is 5.39 Å². The number of hydrogen-bond donors (Lipinski definition) is 0. The first-order valence-corrected chi connectivity index (χ1v) is 9.41. The Morgan fingerprint density at radius 2 is 2.05 bits per heavy atom. The molecule has 0 unspecified atom stereocenters. The third-order valence-electron chi connectivity index (χ3n) is 4.91. The van der Waals surface area contributed by atoms with Crippen molar-refractivity contribution in [2.24, 2.45) is 0 Å². The van der Waals surface area contributed by atoms with Crippen LogP contribution in [-0.2, 0) is 12.8 Å². The highest BCUT2D eigenvalue weighted by Crippen LogP contribution is 2.40. The SMILES string of the molecule is CCCN1CCCN(c2ncnc3sc4c(c23)CCC4)CC1. The number of fused-ring (bicyclic) bond motifs is 3. The summed E-state index contributed by atoms with van der Waals surface area (Å²) >= 11 is 1.89. The molecule has 0 saturated carbocycles. The van der Waals surface area contributed by atoms with E-state index in [9.17, 15) is 0 Å². The van der Waals surface area contributed by atoms with Crippen LogP contribution >= 0.6 is 11.3 Å². The molecule has 0 spiro atoms. The molecule has 1 saturated heterocycles. The maximum Gasteiger partial charge on any atom is 0.141 e. The molecule has 1 fully saturated rings. The molecule has 1 aliphatic heterocycles. The summed E-state index contributed by atoms with van der Waals surface area (Å²) in [4.78, 5) is 17.1. The summed E-state index contributed by atoms with van der Waals surface area (Å²) in [5, 5.41) is 1.36. The fourth-order valence-corrected chi connectivity index (χ4v) is 5.10. The Morgan fingerprint density at radius 3 is 2.95 bits per heavy atom. The topological polar surface area (TPSA) is 32.3 Å². The maximum atomic E-state index is 4.70. The minimum Gasteiger partial charge on any atom is -0.355 e. The number of aryl methyl sites for hydroxylation is 2. The zero-order chi connectivity index (χ0) is 14.9. The molecule has 2 aliphatic rings. The molecule has 2 aromatic heterocycles. The summed E-state index contributed by atoms with van der Waals surface area (Å²) in [7, 11) is 0. The average molecular weight is 316 g/mol. The largest absolute Gasteiger partial charge is 0.355 e. The van der Waals surface area contributed by atoms with Crippen molar-refractivity contribution in [1.82, 2.24) is 14.9 Å². The summed E-state index contributed by atoms with van der Waals surface area (Å²) in [6, 6.07) is 0. The minimum absolute atomic E-state index is 1.09. The summed E-state index contributed by atoms with van der Waals surface area (Å²) in [5.74, 6) is 1.20. The fourth-order valence-electron chi connectivity index (χ4n) is 3.87. The molecule has 22 heavy (non-hydrogen) atoms. The molecule has 4 rings (SSSR count). The predicted octanol–water partition coefficient (Wildman–Crippen LogP) is 3.10. The molecule has 5 heteroatoms. The molecule has 0 N–H and O–H groups in total. The Kier molecular flexibility index (Phi) is 4.01. The van der Waals surface area contributed by atoms with E-state index in [1.165, 1.54) is 61.2 Å². The van der Waals surface area contributed by atoms with E-state index in [4.69, 9.17) is 4.98 Å². The second-order valence-corrected chi connectivity index (χ2v) is 7.50. The maximum absolute atomic E-state index is 4.70. The molecule has 0 radical (unpaired) electrons. The van der Waals surface area contributed by atoms with Crippen molar-refractivity contribution in [2.75, 3.05) is 37.6 Å². The molecular weight excluding hydrogens is 292 g/mol. The standard InChI is InChI=1S/C17H24N4S/c1-2-7-20-8-4-9-21(11-10-20)16-15-13-5-3-6-14(13)22-17(15)19-12-18-16/h12H,2-11H2,1H3. The second-order valence-electron chi connectivity index (χ2n) is 6.42. The smallest absolute Gasteiger partial charge is 0.141 e. The molecule has 2 aromatic rings. The lowest BCUT2D eigenvalue weighted by atomic mass is 10.2. The van der Waals surface area contributed by atoms with Crippen LogP contribution in [-0.4, -0.2) is 47.6 Å². The van der Waals surface area contributed by atoms with E-state index in [1.54, 1.807) is 16.8 Å². The van der Waals surface area contributed by atoms with Gasteiger partial charge in [0.15, 0.2) is 0 Å². The van der Waals surface area contributed by atoms with Gasteiger partial charge in [0.25, 0.3) is 0 Å². The number of nitrogens with zero attached hydrogens (tertiary/aromatic N) is 4. The first-order chi connectivity index (χ1) is 10.9. The molecule has 0 atom stereocenters. The zero-order valence-corrected chi connectivity index (χ0v) is 14.2. The van der Waals surface area contributed by atoms with E-state index in [0.29, 0.717) is 0 Å². The Morgan fingerprint density at radius 1 is 1.09 bits per heavy atom. The number of aromatic nitrogens is 2. The van der Waals surface area contributed by atoms with Crippen molar-refractivity contribution in [3.05, 3.63) is 16.8 Å². The van der Waals surface area contributed by atoms with Gasteiger partial charge in [-0.15, -0.1) is 11.3 Å². The molecule has 4 nitrogen and oxygen atoms in total. The number of rotatable bonds is 3. The van der Waals surface area contributed by atoms with Crippen LogP contribution < -0.4 is 4.90 Å². The Balaban J connectivity index is 1.66. The van der Waals surface area contributed by atoms with Crippen LogP contribution in [0.1, 0.15) is 36.6 Å². The summed E-state index contributed by atoms with van der Waals surface area (Å²) in [6.45, 7) is 8.09. The van der Waals surface area contributed by atoms with Gasteiger partial charge >= 0.3 is 0 Å². The van der Waals surface area contributed by atoms with Crippen molar-refractivity contribution in [3.8, 4) is 0 Å². The molecule has 1 aliphatic carbocycles. The van der Waals surface area contributed by atoms with E-state index >= 15 is 0 Å². The molecule has 0 bridgehead atoms. The fraction of sp³-hybridized carbons (Fsp3) is 0.647. The summed E-state index contributed by atoms with van der Waals surface area (Å²) in [6.07, 6.45) is 7.99. The highest BCUT2D eigenvalue weighted by molar-refractivity contribution is 7.19. The highest BCUT2D eigenvalue weighted by Gasteiger charge is 2.24. The van der Waals surface area contributed by atoms with Crippen molar-refractivity contribution in [1.29, 1.82) is 0 Å². The Hall–Kier alpha value is -1.20. The van der Waals surface area contributed by atoms with Crippen molar-refractivity contribution in [3.63, 3.8) is 0 Å². The van der Waals surface area contributed by atoms with Crippen LogP contribution in [0, 0.1) is 0 Å². The van der Waals surface area contributed by atoms with Gasteiger partial charge in [-0.25, -0.2) is 9.97 Å². The van der Waals surface area contributed by atoms with Gasteiger partial charge in [0.2, 0.25) is 0 Å². The molecular formula is C17H24N4S. The molecule has 3 heterocycles. The third kappa shape index (κ3) is 2.50. The predicted molar refractivity (Wildman–Crippen MR) is 93.0 cm³/mol. The van der Waals surface area contributed by atoms with Crippen LogP contribution in [0.25, 0.3) is 10.2 Å². The van der Waals surface area contributed by atoms with Crippen LogP contribution in [0.2, 0.25) is 0 Å². The lowest BCUT2D eigenvalue weighted by Crippen LogP contribution is -2.31. The Labute approximate surface area is 136 Å². The van der Waals surface area contributed by atoms with Gasteiger partial charge in [-0.3, -0.25) is 0 Å². The highest BCUT2D eigenvalue weighted by atomic mass is 32.1. The van der Waals surface area contributed by atoms with Crippen LogP contribution in [0.4, 0.5) is 5.82 Å². The molecule has 118 valence electrons. The minimum atomic E-state index is 1.09. The van der Waals surface area contributed by atoms with Gasteiger partial charge in [-0.05, 0) is 50.8 Å². The quantitative estimate of drug-likeness (QED) is 0.871. The van der Waals surface area contributed by atoms with Gasteiger partial charge in [-0.2, -0.15) is 0 Å². The van der Waals surface area contributed by atoms with Crippen molar-refractivity contribution in [2.45, 2.75) is 39.0 Å². The van der Waals surface area contributed by atoms with Crippen LogP contribution in [0.5, 0.6) is 0 Å². The lowest BCUT2D eigenvalue weighted by Gasteiger charge is -2.23. The third-order valence-corrected chi connectivity index (χ3v) is 6.11. The Bertz CT molecular complexity index is 666. The van der Waals surface area contributed by atoms with E-state index < -0.39 is 0 Å². The summed E-state index contributed by atoms with van der Waals surface area (Å²) in [5.41, 5.74) is 1.55. The normalized spacial score (nSPS) is 19.6. The van der Waals surface area contributed by atoms with E-state index in [1.807, 2.05) is 11.3 Å². The monoisotopic (exact) mass is 316 g/mol. The zero-order valence-electron chi connectivity index (χ0n) is 13.3. The molecule has 0 amide bonds.